The van der Waals surface area contributed by atoms with Crippen LogP contribution < -0.4 is 0 Å². The molecule has 6 atom stereocenters. The van der Waals surface area contributed by atoms with Crippen molar-refractivity contribution in [2.24, 2.45) is 23.2 Å². The molecule has 0 aromatic carbocycles. The number of fused-ring (bicyclic) bond motifs is 2. The molecule has 0 bridgehead atoms. The third-order valence-corrected chi connectivity index (χ3v) is 5.46. The van der Waals surface area contributed by atoms with Crippen LogP contribution in [0.5, 0.6) is 0 Å². The molecule has 0 aromatic rings. The van der Waals surface area contributed by atoms with Crippen molar-refractivity contribution in [3.63, 3.8) is 0 Å². The molecule has 104 valence electrons. The third kappa shape index (κ3) is 1.62. The summed E-state index contributed by atoms with van der Waals surface area (Å²) in [5, 5.41) is 10.2. The van der Waals surface area contributed by atoms with Crippen molar-refractivity contribution in [2.45, 2.75) is 45.3 Å². The molecule has 2 saturated carbocycles. The fourth-order valence-electron chi connectivity index (χ4n) is 4.53. The van der Waals surface area contributed by atoms with E-state index in [0.29, 0.717) is 18.4 Å². The van der Waals surface area contributed by atoms with Crippen LogP contribution in [-0.4, -0.2) is 29.1 Å². The Bertz CT molecular complexity index is 469. The van der Waals surface area contributed by atoms with Crippen LogP contribution in [0.2, 0.25) is 0 Å². The number of hydrogen-bond donors (Lipinski definition) is 1. The number of ether oxygens (including phenoxy) is 1. The number of aliphatic hydroxyl groups excluding tert-OH is 1. The van der Waals surface area contributed by atoms with Gasteiger partial charge >= 0.3 is 5.97 Å². The molecular formula is C15H20O4. The zero-order valence-electron chi connectivity index (χ0n) is 11.4. The second kappa shape index (κ2) is 3.92. The van der Waals surface area contributed by atoms with Crippen LogP contribution in [0.4, 0.5) is 0 Å². The summed E-state index contributed by atoms with van der Waals surface area (Å²) in [5.74, 6) is -0.142. The molecule has 3 rings (SSSR count). The van der Waals surface area contributed by atoms with Gasteiger partial charge < -0.3 is 9.84 Å². The molecule has 2 aliphatic carbocycles. The number of ketones is 1. The summed E-state index contributed by atoms with van der Waals surface area (Å²) in [6.45, 7) is 7.81. The molecule has 0 amide bonds. The Balaban J connectivity index is 2.01. The van der Waals surface area contributed by atoms with Gasteiger partial charge in [0.15, 0.2) is 0 Å². The van der Waals surface area contributed by atoms with Gasteiger partial charge in [0.2, 0.25) is 0 Å². The minimum Gasteiger partial charge on any atom is -0.458 e. The highest BCUT2D eigenvalue weighted by atomic mass is 16.6. The van der Waals surface area contributed by atoms with Gasteiger partial charge in [-0.1, -0.05) is 20.4 Å². The van der Waals surface area contributed by atoms with Crippen LogP contribution >= 0.6 is 0 Å². The summed E-state index contributed by atoms with van der Waals surface area (Å²) >= 11 is 0. The van der Waals surface area contributed by atoms with Crippen molar-refractivity contribution >= 4 is 11.8 Å². The number of aliphatic hydroxyl groups is 1. The highest BCUT2D eigenvalue weighted by Crippen LogP contribution is 2.55. The first kappa shape index (κ1) is 12.9. The van der Waals surface area contributed by atoms with Gasteiger partial charge in [-0.3, -0.25) is 4.79 Å². The lowest BCUT2D eigenvalue weighted by molar-refractivity contribution is -0.139. The average Bonchev–Trinajstić information content (AvgIpc) is 2.63. The van der Waals surface area contributed by atoms with Crippen molar-refractivity contribution in [1.29, 1.82) is 0 Å². The Hall–Kier alpha value is -1.16. The van der Waals surface area contributed by atoms with E-state index in [1.54, 1.807) is 0 Å². The average molecular weight is 264 g/mol. The van der Waals surface area contributed by atoms with Crippen LogP contribution in [0.1, 0.15) is 33.1 Å². The minimum absolute atomic E-state index is 0.0305. The molecule has 4 nitrogen and oxygen atoms in total. The molecule has 19 heavy (non-hydrogen) atoms. The molecule has 1 aliphatic heterocycles. The van der Waals surface area contributed by atoms with Gasteiger partial charge in [-0.25, -0.2) is 4.79 Å². The van der Waals surface area contributed by atoms with Gasteiger partial charge in [-0.05, 0) is 18.8 Å². The molecule has 3 fully saturated rings. The summed E-state index contributed by atoms with van der Waals surface area (Å²) in [6, 6.07) is 0. The Morgan fingerprint density at radius 3 is 2.79 bits per heavy atom. The molecule has 3 aliphatic rings. The van der Waals surface area contributed by atoms with E-state index in [1.807, 2.05) is 13.8 Å². The molecular weight excluding hydrogens is 244 g/mol. The van der Waals surface area contributed by atoms with Gasteiger partial charge in [0.25, 0.3) is 0 Å². The van der Waals surface area contributed by atoms with Crippen LogP contribution in [0, 0.1) is 23.2 Å². The van der Waals surface area contributed by atoms with Crippen LogP contribution in [-0.2, 0) is 14.3 Å². The summed E-state index contributed by atoms with van der Waals surface area (Å²) in [6.07, 6.45) is 0.796. The van der Waals surface area contributed by atoms with Crippen molar-refractivity contribution in [3.8, 4) is 0 Å². The normalized spacial score (nSPS) is 49.6. The number of esters is 1. The summed E-state index contributed by atoms with van der Waals surface area (Å²) in [7, 11) is 0. The summed E-state index contributed by atoms with van der Waals surface area (Å²) in [5.41, 5.74) is -0.0527. The smallest absolute Gasteiger partial charge is 0.334 e. The lowest BCUT2D eigenvalue weighted by atomic mass is 9.69. The number of hydrogen-bond acceptors (Lipinski definition) is 4. The molecule has 0 aromatic heterocycles. The van der Waals surface area contributed by atoms with Gasteiger partial charge in [0.05, 0.1) is 6.10 Å². The standard InChI is InChI=1S/C15H20O4/c1-7-4-11-9(8(2)14(18)19-11)6-15(3)12(17)5-10(16)13(7)15/h7,9-11,13,16H,2,4-6H2,1,3H3/t7-,9+,10-,11+,13+,15+/m0/s1. The van der Waals surface area contributed by atoms with E-state index in [4.69, 9.17) is 4.74 Å². The first-order chi connectivity index (χ1) is 8.84. The van der Waals surface area contributed by atoms with E-state index in [1.165, 1.54) is 0 Å². The zero-order valence-corrected chi connectivity index (χ0v) is 11.4. The van der Waals surface area contributed by atoms with Gasteiger partial charge in [0, 0.05) is 29.2 Å². The number of carbonyl (C=O) groups excluding carboxylic acids is 2. The number of rotatable bonds is 0. The van der Waals surface area contributed by atoms with Crippen molar-refractivity contribution < 1.29 is 19.4 Å². The topological polar surface area (TPSA) is 63.6 Å². The Labute approximate surface area is 112 Å². The fourth-order valence-corrected chi connectivity index (χ4v) is 4.53. The van der Waals surface area contributed by atoms with E-state index in [0.717, 1.165) is 0 Å². The van der Waals surface area contributed by atoms with Crippen molar-refractivity contribution in [1.82, 2.24) is 0 Å². The van der Waals surface area contributed by atoms with Gasteiger partial charge in [-0.15, -0.1) is 0 Å². The predicted octanol–water partition coefficient (Wildman–Crippen LogP) is 1.47. The Morgan fingerprint density at radius 1 is 1.42 bits per heavy atom. The minimum atomic E-state index is -0.560. The molecule has 1 N–H and O–H groups in total. The SMILES string of the molecule is C=C1C(=O)O[C@@H]2C[C@H](C)[C@@H]3[C@@H](O)CC(=O)[C@@]3(C)C[C@H]12. The molecule has 0 spiro atoms. The van der Waals surface area contributed by atoms with Crippen LogP contribution in [0.15, 0.2) is 12.2 Å². The number of Topliss-reactive ketones (excluding diaryl/α,β-unsaturated/α-hetero) is 1. The van der Waals surface area contributed by atoms with Gasteiger partial charge in [-0.2, -0.15) is 0 Å². The monoisotopic (exact) mass is 264 g/mol. The molecule has 1 saturated heterocycles. The highest BCUT2D eigenvalue weighted by molar-refractivity contribution is 5.92. The van der Waals surface area contributed by atoms with E-state index in [-0.39, 0.29) is 42.0 Å². The first-order valence-electron chi connectivity index (χ1n) is 6.95. The maximum absolute atomic E-state index is 12.3. The zero-order chi connectivity index (χ0) is 13.9. The number of carbonyl (C=O) groups is 2. The maximum atomic E-state index is 12.3. The Kier molecular flexibility index (Phi) is 2.65. The van der Waals surface area contributed by atoms with Crippen molar-refractivity contribution in [2.75, 3.05) is 0 Å². The first-order valence-corrected chi connectivity index (χ1v) is 6.95. The lowest BCUT2D eigenvalue weighted by Crippen LogP contribution is -2.36. The lowest BCUT2D eigenvalue weighted by Gasteiger charge is -2.33. The van der Waals surface area contributed by atoms with Crippen molar-refractivity contribution in [3.05, 3.63) is 12.2 Å². The van der Waals surface area contributed by atoms with E-state index in [2.05, 4.69) is 6.58 Å². The molecule has 0 unspecified atom stereocenters. The largest absolute Gasteiger partial charge is 0.458 e. The molecule has 0 radical (unpaired) electrons. The third-order valence-electron chi connectivity index (χ3n) is 5.46. The maximum Gasteiger partial charge on any atom is 0.334 e. The van der Waals surface area contributed by atoms with E-state index >= 15 is 0 Å². The van der Waals surface area contributed by atoms with Crippen LogP contribution in [0.3, 0.4) is 0 Å². The highest BCUT2D eigenvalue weighted by Gasteiger charge is 2.58. The summed E-state index contributed by atoms with van der Waals surface area (Å²) < 4.78 is 5.38. The summed E-state index contributed by atoms with van der Waals surface area (Å²) in [4.78, 5) is 23.9. The predicted molar refractivity (Wildman–Crippen MR) is 68.1 cm³/mol. The quantitative estimate of drug-likeness (QED) is 0.531. The fraction of sp³-hybridized carbons (Fsp3) is 0.733. The van der Waals surface area contributed by atoms with Crippen LogP contribution in [0.25, 0.3) is 0 Å². The second-order valence-corrected chi connectivity index (χ2v) is 6.63. The van der Waals surface area contributed by atoms with E-state index in [9.17, 15) is 14.7 Å². The molecule has 1 heterocycles. The van der Waals surface area contributed by atoms with E-state index < -0.39 is 11.5 Å². The van der Waals surface area contributed by atoms with Gasteiger partial charge in [0.1, 0.15) is 11.9 Å². The second-order valence-electron chi connectivity index (χ2n) is 6.63. The Morgan fingerprint density at radius 2 is 2.11 bits per heavy atom. The molecule has 4 heteroatoms.